The summed E-state index contributed by atoms with van der Waals surface area (Å²) < 4.78 is 12.5. The van der Waals surface area contributed by atoms with Crippen LogP contribution in [-0.4, -0.2) is 37.0 Å². The maximum Gasteiger partial charge on any atom is 0.310 e. The van der Waals surface area contributed by atoms with Crippen LogP contribution in [0.25, 0.3) is 0 Å². The largest absolute Gasteiger partial charge is 0.465 e. The lowest BCUT2D eigenvalue weighted by molar-refractivity contribution is -0.158. The van der Waals surface area contributed by atoms with E-state index in [0.29, 0.717) is 45.2 Å². The molecule has 3 aliphatic carbocycles. The van der Waals surface area contributed by atoms with Gasteiger partial charge in [-0.15, -0.1) is 0 Å². The van der Waals surface area contributed by atoms with Crippen LogP contribution in [0.5, 0.6) is 0 Å². The second-order valence-corrected chi connectivity index (χ2v) is 19.0. The van der Waals surface area contributed by atoms with E-state index in [0.717, 1.165) is 56.1 Å². The second-order valence-electron chi connectivity index (χ2n) is 19.0. The normalized spacial score (nSPS) is 21.8. The number of allylic oxidation sites excluding steroid dienone is 12. The first kappa shape index (κ1) is 49.8. The zero-order valence-electron chi connectivity index (χ0n) is 39.5. The molecule has 2 amide bonds. The summed E-state index contributed by atoms with van der Waals surface area (Å²) in [6.07, 6.45) is 22.0. The number of ether oxygens (including phenoxy) is 2. The molecule has 0 aromatic heterocycles. The van der Waals surface area contributed by atoms with Crippen LogP contribution < -0.4 is 10.6 Å². The van der Waals surface area contributed by atoms with Crippen LogP contribution in [0.1, 0.15) is 130 Å². The van der Waals surface area contributed by atoms with Gasteiger partial charge in [-0.1, -0.05) is 131 Å². The molecule has 6 atom stereocenters. The highest BCUT2D eigenvalue weighted by Gasteiger charge is 2.40. The van der Waals surface area contributed by atoms with E-state index < -0.39 is 23.7 Å². The summed E-state index contributed by atoms with van der Waals surface area (Å²) in [6.45, 7) is 13.7. The Labute approximate surface area is 383 Å². The first-order valence-corrected chi connectivity index (χ1v) is 23.8. The van der Waals surface area contributed by atoms with E-state index in [1.165, 1.54) is 33.4 Å². The van der Waals surface area contributed by atoms with Crippen LogP contribution in [0, 0.1) is 35.5 Å². The fraction of sp³-hybridized carbons (Fsp3) is 0.500. The van der Waals surface area contributed by atoms with Gasteiger partial charge in [0.25, 0.3) is 0 Å². The van der Waals surface area contributed by atoms with Crippen molar-refractivity contribution in [3.8, 4) is 0 Å². The van der Waals surface area contributed by atoms with Crippen molar-refractivity contribution in [3.05, 3.63) is 142 Å². The van der Waals surface area contributed by atoms with Gasteiger partial charge in [0, 0.05) is 24.9 Å². The zero-order valence-corrected chi connectivity index (χ0v) is 39.5. The average Bonchev–Trinajstić information content (AvgIpc) is 3.29. The molecule has 3 aliphatic rings. The van der Waals surface area contributed by atoms with Crippen LogP contribution in [0.15, 0.2) is 131 Å². The molecule has 344 valence electrons. The Morgan fingerprint density at radius 3 is 1.41 bits per heavy atom. The highest BCUT2D eigenvalue weighted by molar-refractivity contribution is 5.87. The lowest BCUT2D eigenvalue weighted by atomic mass is 9.77. The van der Waals surface area contributed by atoms with Crippen molar-refractivity contribution in [1.82, 2.24) is 10.6 Å². The van der Waals surface area contributed by atoms with Gasteiger partial charge in [0.2, 0.25) is 11.8 Å². The molecule has 0 aliphatic heterocycles. The number of carbonyl (C=O) groups is 4. The third-order valence-corrected chi connectivity index (χ3v) is 13.0. The summed E-state index contributed by atoms with van der Waals surface area (Å²) in [5, 5.41) is 6.20. The number of carbonyl (C=O) groups excluding carboxylic acids is 4. The lowest BCUT2D eigenvalue weighted by Crippen LogP contribution is -2.41. The zero-order chi connectivity index (χ0) is 45.8. The molecule has 8 nitrogen and oxygen atoms in total. The molecule has 0 spiro atoms. The highest BCUT2D eigenvalue weighted by atomic mass is 16.5. The van der Waals surface area contributed by atoms with Crippen LogP contribution in [-0.2, 0) is 41.7 Å². The van der Waals surface area contributed by atoms with E-state index in [9.17, 15) is 19.2 Å². The molecular weight excluding hydrogens is 797 g/mol. The van der Waals surface area contributed by atoms with Crippen molar-refractivity contribution >= 4 is 23.8 Å². The fourth-order valence-corrected chi connectivity index (χ4v) is 9.18. The molecule has 0 saturated carbocycles. The van der Waals surface area contributed by atoms with Gasteiger partial charge in [0.1, 0.15) is 0 Å². The number of rotatable bonds is 21. The minimum Gasteiger partial charge on any atom is -0.465 e. The highest BCUT2D eigenvalue weighted by Crippen LogP contribution is 2.38. The summed E-state index contributed by atoms with van der Waals surface area (Å²) in [5.74, 6) is -3.33. The Balaban J connectivity index is 1.28. The third kappa shape index (κ3) is 16.4. The standard InChI is InChI=1S/C56H74N2O6/c1-39(2)16-13-23-42-26-29-47(37-63-56(62)52-34-44(25-15-18-41(5)6)27-30-49(52)53(59)57-35-45-19-9-7-10-20-45)48(32-42)38-64-55(61)50-31-28-43(24-14-17-40(3)4)33-51(50)54(60)58-36-46-21-11-8-12-22-46/h7-12,16-22,26-28,47-52H,13-15,23-25,29-38H2,1-6H3,(H,57,59)(H,58,60). The Kier molecular flexibility index (Phi) is 20.1. The summed E-state index contributed by atoms with van der Waals surface area (Å²) in [4.78, 5) is 55.9. The maximum atomic E-state index is 14.2. The molecule has 0 fully saturated rings. The minimum atomic E-state index is -0.592. The van der Waals surface area contributed by atoms with E-state index in [1.54, 1.807) is 0 Å². The molecule has 0 radical (unpaired) electrons. The predicted octanol–water partition coefficient (Wildman–Crippen LogP) is 11.8. The van der Waals surface area contributed by atoms with Crippen LogP contribution >= 0.6 is 0 Å². The maximum absolute atomic E-state index is 14.2. The number of nitrogens with one attached hydrogen (secondary N) is 2. The topological polar surface area (TPSA) is 111 Å². The molecule has 64 heavy (non-hydrogen) atoms. The molecule has 2 aromatic carbocycles. The molecule has 6 unspecified atom stereocenters. The average molecular weight is 871 g/mol. The van der Waals surface area contributed by atoms with E-state index in [2.05, 4.69) is 88.6 Å². The summed E-state index contributed by atoms with van der Waals surface area (Å²) in [6, 6.07) is 19.6. The van der Waals surface area contributed by atoms with Crippen molar-refractivity contribution in [1.29, 1.82) is 0 Å². The van der Waals surface area contributed by atoms with Crippen molar-refractivity contribution in [3.63, 3.8) is 0 Å². The first-order chi connectivity index (χ1) is 30.9. The number of hydrogen-bond donors (Lipinski definition) is 2. The van der Waals surface area contributed by atoms with E-state index in [-0.39, 0.29) is 48.8 Å². The van der Waals surface area contributed by atoms with Gasteiger partial charge in [0.15, 0.2) is 0 Å². The summed E-state index contributed by atoms with van der Waals surface area (Å²) in [7, 11) is 0. The van der Waals surface area contributed by atoms with Crippen LogP contribution in [0.2, 0.25) is 0 Å². The van der Waals surface area contributed by atoms with Crippen LogP contribution in [0.4, 0.5) is 0 Å². The van der Waals surface area contributed by atoms with Crippen LogP contribution in [0.3, 0.4) is 0 Å². The number of benzene rings is 2. The van der Waals surface area contributed by atoms with Crippen molar-refractivity contribution in [2.45, 2.75) is 132 Å². The van der Waals surface area contributed by atoms with Crippen molar-refractivity contribution in [2.75, 3.05) is 13.2 Å². The Morgan fingerprint density at radius 1 is 0.500 bits per heavy atom. The molecule has 5 rings (SSSR count). The van der Waals surface area contributed by atoms with E-state index in [4.69, 9.17) is 9.47 Å². The smallest absolute Gasteiger partial charge is 0.310 e. The Morgan fingerprint density at radius 2 is 0.906 bits per heavy atom. The first-order valence-electron chi connectivity index (χ1n) is 23.8. The van der Waals surface area contributed by atoms with Gasteiger partial charge in [-0.05, 0) is 130 Å². The summed E-state index contributed by atoms with van der Waals surface area (Å²) in [5.41, 5.74) is 9.50. The molecular formula is C56H74N2O6. The minimum absolute atomic E-state index is 0.0662. The van der Waals surface area contributed by atoms with Gasteiger partial charge in [-0.2, -0.15) is 0 Å². The number of hydrogen-bond acceptors (Lipinski definition) is 6. The van der Waals surface area contributed by atoms with Gasteiger partial charge in [0.05, 0.1) is 36.9 Å². The summed E-state index contributed by atoms with van der Waals surface area (Å²) >= 11 is 0. The molecule has 0 heterocycles. The molecule has 8 heteroatoms. The number of amides is 2. The van der Waals surface area contributed by atoms with Crippen molar-refractivity contribution < 1.29 is 28.7 Å². The quantitative estimate of drug-likeness (QED) is 0.0955. The number of esters is 2. The fourth-order valence-electron chi connectivity index (χ4n) is 9.18. The van der Waals surface area contributed by atoms with Crippen molar-refractivity contribution in [2.24, 2.45) is 35.5 Å². The van der Waals surface area contributed by atoms with Gasteiger partial charge >= 0.3 is 11.9 Å². The van der Waals surface area contributed by atoms with Gasteiger partial charge in [-0.25, -0.2) is 0 Å². The Bertz CT molecular complexity index is 2050. The molecule has 2 N–H and O–H groups in total. The molecule has 0 saturated heterocycles. The second kappa shape index (κ2) is 25.9. The Hall–Kier alpha value is -5.24. The van der Waals surface area contributed by atoms with E-state index in [1.807, 2.05) is 60.7 Å². The lowest BCUT2D eigenvalue weighted by Gasteiger charge is -2.34. The van der Waals surface area contributed by atoms with E-state index >= 15 is 0 Å². The molecule has 2 aromatic rings. The molecule has 0 bridgehead atoms. The SMILES string of the molecule is CC(C)=CCCC1=CCC(COC(=O)C2CC(CCC=C(C)C)=CCC2C(=O)NCc2ccccc2)C(COC(=O)C2CC=C(CCC=C(C)C)CC2C(=O)NCc2ccccc2)C1. The predicted molar refractivity (Wildman–Crippen MR) is 257 cm³/mol. The monoisotopic (exact) mass is 871 g/mol. The van der Waals surface area contributed by atoms with Gasteiger partial charge in [-0.3, -0.25) is 19.2 Å². The third-order valence-electron chi connectivity index (χ3n) is 13.0. The van der Waals surface area contributed by atoms with Gasteiger partial charge < -0.3 is 20.1 Å².